The molecule has 0 saturated heterocycles. The number of aromatic nitrogens is 2. The van der Waals surface area contributed by atoms with E-state index in [1.165, 1.54) is 12.4 Å². The van der Waals surface area contributed by atoms with E-state index >= 15 is 0 Å². The molecule has 0 amide bonds. The third-order valence-electron chi connectivity index (χ3n) is 2.64. The molecule has 0 N–H and O–H groups in total. The average molecular weight is 258 g/mol. The average Bonchev–Trinajstić information content (AvgIpc) is 2.81. The number of thiazole rings is 1. The first-order valence-electron chi connectivity index (χ1n) is 5.40. The second kappa shape index (κ2) is 4.27. The number of ether oxygens (including phenoxy) is 1. The van der Waals surface area contributed by atoms with E-state index in [0.29, 0.717) is 0 Å². The van der Waals surface area contributed by atoms with E-state index in [4.69, 9.17) is 4.74 Å². The standard InChI is InChI=1S/C13H10N2O2S/c1-17-10-4-2-9(3-5-10)13-14-11-8-15(16)7-6-12(11)18-13/h2-8H,1H3. The van der Waals surface area contributed by atoms with Crippen LogP contribution in [0.15, 0.2) is 42.7 Å². The zero-order valence-electron chi connectivity index (χ0n) is 9.66. The van der Waals surface area contributed by atoms with Crippen LogP contribution < -0.4 is 9.47 Å². The molecule has 90 valence electrons. The Hall–Kier alpha value is -2.14. The van der Waals surface area contributed by atoms with Crippen LogP contribution in [0.2, 0.25) is 0 Å². The first-order chi connectivity index (χ1) is 8.76. The topological polar surface area (TPSA) is 49.1 Å². The number of hydrogen-bond donors (Lipinski definition) is 0. The predicted molar refractivity (Wildman–Crippen MR) is 70.6 cm³/mol. The molecule has 3 aromatic rings. The van der Waals surface area contributed by atoms with Gasteiger partial charge in [-0.3, -0.25) is 0 Å². The van der Waals surface area contributed by atoms with E-state index in [0.717, 1.165) is 31.3 Å². The summed E-state index contributed by atoms with van der Waals surface area (Å²) in [4.78, 5) is 4.46. The van der Waals surface area contributed by atoms with Crippen molar-refractivity contribution < 1.29 is 9.47 Å². The molecule has 18 heavy (non-hydrogen) atoms. The van der Waals surface area contributed by atoms with Gasteiger partial charge in [-0.2, -0.15) is 4.73 Å². The maximum absolute atomic E-state index is 11.2. The monoisotopic (exact) mass is 258 g/mol. The number of hydrogen-bond acceptors (Lipinski definition) is 4. The molecule has 0 atom stereocenters. The van der Waals surface area contributed by atoms with Crippen molar-refractivity contribution in [3.63, 3.8) is 0 Å². The van der Waals surface area contributed by atoms with Gasteiger partial charge in [0.25, 0.3) is 0 Å². The Kier molecular flexibility index (Phi) is 2.60. The second-order valence-corrected chi connectivity index (χ2v) is 4.83. The molecule has 2 aromatic heterocycles. The normalized spacial score (nSPS) is 10.7. The predicted octanol–water partition coefficient (Wildman–Crippen LogP) is 2.61. The van der Waals surface area contributed by atoms with Crippen molar-refractivity contribution in [3.8, 4) is 16.3 Å². The van der Waals surface area contributed by atoms with Crippen molar-refractivity contribution >= 4 is 21.6 Å². The minimum atomic E-state index is 0.725. The van der Waals surface area contributed by atoms with Crippen LogP contribution in [0.4, 0.5) is 0 Å². The van der Waals surface area contributed by atoms with E-state index in [1.54, 1.807) is 24.5 Å². The molecule has 0 spiro atoms. The zero-order valence-corrected chi connectivity index (χ0v) is 10.5. The molecule has 3 rings (SSSR count). The van der Waals surface area contributed by atoms with Crippen LogP contribution in [0.1, 0.15) is 0 Å². The minimum absolute atomic E-state index is 0.725. The van der Waals surface area contributed by atoms with Crippen molar-refractivity contribution in [2.24, 2.45) is 0 Å². The fourth-order valence-corrected chi connectivity index (χ4v) is 2.66. The highest BCUT2D eigenvalue weighted by Gasteiger charge is 2.08. The van der Waals surface area contributed by atoms with E-state index in [1.807, 2.05) is 24.3 Å². The second-order valence-electron chi connectivity index (χ2n) is 3.80. The van der Waals surface area contributed by atoms with E-state index in [-0.39, 0.29) is 0 Å². The quantitative estimate of drug-likeness (QED) is 0.524. The van der Waals surface area contributed by atoms with Gasteiger partial charge in [0.1, 0.15) is 16.3 Å². The SMILES string of the molecule is COc1ccc(-c2nc3c[n+]([O-])ccc3s2)cc1. The Labute approximate surface area is 108 Å². The summed E-state index contributed by atoms with van der Waals surface area (Å²) >= 11 is 1.57. The Morgan fingerprint density at radius 3 is 2.72 bits per heavy atom. The lowest BCUT2D eigenvalue weighted by molar-refractivity contribution is -0.603. The Balaban J connectivity index is 2.07. The smallest absolute Gasteiger partial charge is 0.207 e. The lowest BCUT2D eigenvalue weighted by atomic mass is 10.2. The Bertz CT molecular complexity index is 692. The van der Waals surface area contributed by atoms with Crippen LogP contribution in [-0.4, -0.2) is 12.1 Å². The van der Waals surface area contributed by atoms with Crippen LogP contribution in [-0.2, 0) is 0 Å². The molecular weight excluding hydrogens is 248 g/mol. The number of nitrogens with zero attached hydrogens (tertiary/aromatic N) is 2. The molecular formula is C13H10N2O2S. The number of rotatable bonds is 2. The Morgan fingerprint density at radius 1 is 1.22 bits per heavy atom. The van der Waals surface area contributed by atoms with Crippen LogP contribution in [0, 0.1) is 5.21 Å². The van der Waals surface area contributed by atoms with Gasteiger partial charge < -0.3 is 9.94 Å². The summed E-state index contributed by atoms with van der Waals surface area (Å²) in [5, 5.41) is 12.1. The van der Waals surface area contributed by atoms with Crippen molar-refractivity contribution in [2.75, 3.05) is 7.11 Å². The van der Waals surface area contributed by atoms with Gasteiger partial charge in [0.15, 0.2) is 6.20 Å². The van der Waals surface area contributed by atoms with Gasteiger partial charge in [0.05, 0.1) is 11.8 Å². The fourth-order valence-electron chi connectivity index (χ4n) is 1.72. The molecule has 0 aliphatic carbocycles. The lowest BCUT2D eigenvalue weighted by Gasteiger charge is -1.99. The molecule has 0 saturated carbocycles. The van der Waals surface area contributed by atoms with Crippen molar-refractivity contribution in [1.82, 2.24) is 4.98 Å². The summed E-state index contributed by atoms with van der Waals surface area (Å²) < 4.78 is 6.89. The molecule has 0 radical (unpaired) electrons. The molecule has 5 heteroatoms. The van der Waals surface area contributed by atoms with E-state index in [2.05, 4.69) is 4.98 Å². The summed E-state index contributed by atoms with van der Waals surface area (Å²) in [6.45, 7) is 0. The molecule has 0 fully saturated rings. The van der Waals surface area contributed by atoms with Gasteiger partial charge in [0.2, 0.25) is 6.20 Å². The van der Waals surface area contributed by atoms with Gasteiger partial charge >= 0.3 is 0 Å². The first-order valence-corrected chi connectivity index (χ1v) is 6.22. The molecule has 0 unspecified atom stereocenters. The number of pyridine rings is 1. The zero-order chi connectivity index (χ0) is 12.5. The number of benzene rings is 1. The van der Waals surface area contributed by atoms with E-state index < -0.39 is 0 Å². The van der Waals surface area contributed by atoms with Gasteiger partial charge in [-0.05, 0) is 24.3 Å². The lowest BCUT2D eigenvalue weighted by Crippen LogP contribution is -2.23. The molecule has 0 aliphatic rings. The van der Waals surface area contributed by atoms with Crippen LogP contribution >= 0.6 is 11.3 Å². The first kappa shape index (κ1) is 11.0. The van der Waals surface area contributed by atoms with Crippen molar-refractivity contribution in [3.05, 3.63) is 47.9 Å². The third-order valence-corrected chi connectivity index (χ3v) is 3.73. The summed E-state index contributed by atoms with van der Waals surface area (Å²) in [5.41, 5.74) is 1.75. The fraction of sp³-hybridized carbons (Fsp3) is 0.0769. The van der Waals surface area contributed by atoms with Crippen LogP contribution in [0.3, 0.4) is 0 Å². The highest BCUT2D eigenvalue weighted by molar-refractivity contribution is 7.21. The van der Waals surface area contributed by atoms with Crippen LogP contribution in [0.5, 0.6) is 5.75 Å². The molecule has 0 aliphatic heterocycles. The van der Waals surface area contributed by atoms with Crippen molar-refractivity contribution in [2.45, 2.75) is 0 Å². The summed E-state index contributed by atoms with van der Waals surface area (Å²) in [5.74, 6) is 0.817. The highest BCUT2D eigenvalue weighted by atomic mass is 32.1. The molecule has 2 heterocycles. The highest BCUT2D eigenvalue weighted by Crippen LogP contribution is 2.30. The largest absolute Gasteiger partial charge is 0.619 e. The van der Waals surface area contributed by atoms with Gasteiger partial charge in [-0.25, -0.2) is 4.98 Å². The summed E-state index contributed by atoms with van der Waals surface area (Å²) in [6.07, 6.45) is 2.97. The van der Waals surface area contributed by atoms with E-state index in [9.17, 15) is 5.21 Å². The molecule has 1 aromatic carbocycles. The maximum Gasteiger partial charge on any atom is 0.207 e. The number of methoxy groups -OCH3 is 1. The maximum atomic E-state index is 11.2. The third kappa shape index (κ3) is 1.89. The van der Waals surface area contributed by atoms with Gasteiger partial charge in [-0.15, -0.1) is 11.3 Å². The summed E-state index contributed by atoms with van der Waals surface area (Å²) in [6, 6.07) is 9.50. The van der Waals surface area contributed by atoms with Gasteiger partial charge in [0, 0.05) is 11.6 Å². The Morgan fingerprint density at radius 2 is 2.00 bits per heavy atom. The molecule has 0 bridgehead atoms. The van der Waals surface area contributed by atoms with Crippen molar-refractivity contribution in [1.29, 1.82) is 0 Å². The van der Waals surface area contributed by atoms with Crippen LogP contribution in [0.25, 0.3) is 20.8 Å². The molecule has 4 nitrogen and oxygen atoms in total. The minimum Gasteiger partial charge on any atom is -0.619 e. The van der Waals surface area contributed by atoms with Gasteiger partial charge in [-0.1, -0.05) is 0 Å². The number of fused-ring (bicyclic) bond motifs is 1. The summed E-state index contributed by atoms with van der Waals surface area (Å²) in [7, 11) is 1.64.